The minimum Gasteiger partial charge on any atom is -0.423 e. The van der Waals surface area contributed by atoms with Gasteiger partial charge in [0.05, 0.1) is 6.04 Å². The zero-order chi connectivity index (χ0) is 17.3. The number of carbonyl (C=O) groups is 1. The first kappa shape index (κ1) is 16.7. The summed E-state index contributed by atoms with van der Waals surface area (Å²) >= 11 is 0. The van der Waals surface area contributed by atoms with Crippen LogP contribution in [0.25, 0.3) is 11.1 Å². The first-order chi connectivity index (χ1) is 11.4. The van der Waals surface area contributed by atoms with E-state index < -0.39 is 0 Å². The zero-order valence-electron chi connectivity index (χ0n) is 14.3. The Kier molecular flexibility index (Phi) is 4.71. The third-order valence-electron chi connectivity index (χ3n) is 4.28. The Bertz CT molecular complexity index is 722. The molecule has 0 spiro atoms. The molecule has 1 fully saturated rings. The summed E-state index contributed by atoms with van der Waals surface area (Å²) in [5.74, 6) is -0.282. The molecule has 1 aromatic carbocycles. The number of hydrogen-bond acceptors (Lipinski definition) is 5. The molecule has 0 bridgehead atoms. The Balaban J connectivity index is 1.62. The van der Waals surface area contributed by atoms with Crippen molar-refractivity contribution >= 4 is 23.0 Å². The third-order valence-corrected chi connectivity index (χ3v) is 4.28. The summed E-state index contributed by atoms with van der Waals surface area (Å²) in [4.78, 5) is 20.7. The molecule has 6 nitrogen and oxygen atoms in total. The number of nitrogens with zero attached hydrogens (tertiary/aromatic N) is 3. The fourth-order valence-corrected chi connectivity index (χ4v) is 2.89. The van der Waals surface area contributed by atoms with Gasteiger partial charge >= 0.3 is 0 Å². The van der Waals surface area contributed by atoms with E-state index in [1.54, 1.807) is 6.07 Å². The number of nitrogens with one attached hydrogen (secondary N) is 1. The molecule has 7 heteroatoms. The van der Waals surface area contributed by atoms with E-state index in [0.29, 0.717) is 30.2 Å². The molecule has 1 atom stereocenters. The van der Waals surface area contributed by atoms with E-state index in [9.17, 15) is 9.18 Å². The van der Waals surface area contributed by atoms with Gasteiger partial charge in [0, 0.05) is 38.3 Å². The van der Waals surface area contributed by atoms with Gasteiger partial charge in [0.1, 0.15) is 11.3 Å². The minimum absolute atomic E-state index is 0.0517. The lowest BCUT2D eigenvalue weighted by Crippen LogP contribution is -2.54. The normalized spacial score (nSPS) is 17.5. The molecule has 1 amide bonds. The summed E-state index contributed by atoms with van der Waals surface area (Å²) in [6, 6.07) is 4.83. The number of amides is 1. The van der Waals surface area contributed by atoms with Crippen LogP contribution in [0.3, 0.4) is 0 Å². The van der Waals surface area contributed by atoms with Crippen LogP contribution in [0.1, 0.15) is 20.8 Å². The number of carbonyl (C=O) groups excluding carboxylic acids is 1. The van der Waals surface area contributed by atoms with Crippen LogP contribution in [0.15, 0.2) is 22.6 Å². The van der Waals surface area contributed by atoms with Gasteiger partial charge < -0.3 is 14.6 Å². The van der Waals surface area contributed by atoms with Crippen LogP contribution >= 0.6 is 0 Å². The fraction of sp³-hybridized carbons (Fsp3) is 0.529. The second-order valence-corrected chi connectivity index (χ2v) is 6.47. The number of rotatable bonds is 4. The van der Waals surface area contributed by atoms with E-state index in [2.05, 4.69) is 15.2 Å². The Morgan fingerprint density at radius 3 is 2.62 bits per heavy atom. The van der Waals surface area contributed by atoms with Crippen molar-refractivity contribution < 1.29 is 13.6 Å². The Hall–Kier alpha value is -2.15. The van der Waals surface area contributed by atoms with Crippen LogP contribution < -0.4 is 10.2 Å². The van der Waals surface area contributed by atoms with E-state index in [0.717, 1.165) is 13.1 Å². The van der Waals surface area contributed by atoms with Crippen LogP contribution in [0.5, 0.6) is 0 Å². The van der Waals surface area contributed by atoms with Gasteiger partial charge in [0.15, 0.2) is 5.58 Å². The quantitative estimate of drug-likeness (QED) is 0.927. The monoisotopic (exact) mass is 334 g/mol. The molecule has 24 heavy (non-hydrogen) atoms. The minimum atomic E-state index is -0.333. The van der Waals surface area contributed by atoms with Crippen LogP contribution in [0.2, 0.25) is 0 Å². The maximum atomic E-state index is 13.2. The highest BCUT2D eigenvalue weighted by Crippen LogP contribution is 2.23. The topological polar surface area (TPSA) is 61.6 Å². The Morgan fingerprint density at radius 2 is 1.96 bits per heavy atom. The van der Waals surface area contributed by atoms with Gasteiger partial charge in [-0.2, -0.15) is 4.98 Å². The lowest BCUT2D eigenvalue weighted by Gasteiger charge is -2.36. The molecule has 1 aliphatic rings. The maximum absolute atomic E-state index is 13.2. The zero-order valence-corrected chi connectivity index (χ0v) is 14.3. The van der Waals surface area contributed by atoms with E-state index >= 15 is 0 Å². The van der Waals surface area contributed by atoms with Crippen molar-refractivity contribution in [2.24, 2.45) is 0 Å². The van der Waals surface area contributed by atoms with Crippen LogP contribution in [-0.4, -0.2) is 54.1 Å². The lowest BCUT2D eigenvalue weighted by atomic mass is 10.2. The fourth-order valence-electron chi connectivity index (χ4n) is 2.89. The Morgan fingerprint density at radius 1 is 1.25 bits per heavy atom. The highest BCUT2D eigenvalue weighted by Gasteiger charge is 2.27. The standard InChI is InChI=1S/C17H23FN4O2/c1-11(2)19-16(23)12(3)21-6-8-22(9-7-21)17-20-14-5-4-13(18)10-15(14)24-17/h4-5,10-12H,6-9H2,1-3H3,(H,19,23). The first-order valence-corrected chi connectivity index (χ1v) is 8.29. The summed E-state index contributed by atoms with van der Waals surface area (Å²) in [6.07, 6.45) is 0. The number of fused-ring (bicyclic) bond motifs is 1. The van der Waals surface area contributed by atoms with Crippen molar-refractivity contribution in [1.82, 2.24) is 15.2 Å². The molecule has 2 aromatic rings. The van der Waals surface area contributed by atoms with Gasteiger partial charge in [-0.3, -0.25) is 9.69 Å². The summed E-state index contributed by atoms with van der Waals surface area (Å²) in [5, 5.41) is 2.95. The predicted octanol–water partition coefficient (Wildman–Crippen LogP) is 2.00. The summed E-state index contributed by atoms with van der Waals surface area (Å²) in [6.45, 7) is 8.77. The number of oxazole rings is 1. The number of piperazine rings is 1. The summed E-state index contributed by atoms with van der Waals surface area (Å²) < 4.78 is 18.9. The van der Waals surface area contributed by atoms with Crippen molar-refractivity contribution in [3.63, 3.8) is 0 Å². The largest absolute Gasteiger partial charge is 0.423 e. The maximum Gasteiger partial charge on any atom is 0.298 e. The average Bonchev–Trinajstić information content (AvgIpc) is 2.96. The summed E-state index contributed by atoms with van der Waals surface area (Å²) in [5.41, 5.74) is 1.11. The molecular formula is C17H23FN4O2. The number of benzene rings is 1. The van der Waals surface area contributed by atoms with Gasteiger partial charge in [0.25, 0.3) is 6.01 Å². The number of anilines is 1. The third kappa shape index (κ3) is 3.51. The van der Waals surface area contributed by atoms with E-state index in [-0.39, 0.29) is 23.8 Å². The van der Waals surface area contributed by atoms with E-state index in [4.69, 9.17) is 4.42 Å². The molecule has 1 aromatic heterocycles. The first-order valence-electron chi connectivity index (χ1n) is 8.29. The molecule has 1 saturated heterocycles. The molecule has 1 unspecified atom stereocenters. The van der Waals surface area contributed by atoms with Gasteiger partial charge in [0.2, 0.25) is 5.91 Å². The van der Waals surface area contributed by atoms with Crippen molar-refractivity contribution in [1.29, 1.82) is 0 Å². The molecule has 0 aliphatic carbocycles. The predicted molar refractivity (Wildman–Crippen MR) is 90.5 cm³/mol. The Labute approximate surface area is 140 Å². The smallest absolute Gasteiger partial charge is 0.298 e. The van der Waals surface area contributed by atoms with Crippen LogP contribution in [-0.2, 0) is 4.79 Å². The van der Waals surface area contributed by atoms with Crippen molar-refractivity contribution in [3.05, 3.63) is 24.0 Å². The highest BCUT2D eigenvalue weighted by molar-refractivity contribution is 5.81. The van der Waals surface area contributed by atoms with Crippen LogP contribution in [0.4, 0.5) is 10.4 Å². The number of halogens is 1. The van der Waals surface area contributed by atoms with E-state index in [1.807, 2.05) is 25.7 Å². The molecule has 2 heterocycles. The van der Waals surface area contributed by atoms with Crippen molar-refractivity contribution in [3.8, 4) is 0 Å². The molecular weight excluding hydrogens is 311 g/mol. The van der Waals surface area contributed by atoms with Crippen molar-refractivity contribution in [2.45, 2.75) is 32.9 Å². The average molecular weight is 334 g/mol. The van der Waals surface area contributed by atoms with Crippen LogP contribution in [0, 0.1) is 5.82 Å². The lowest BCUT2D eigenvalue weighted by molar-refractivity contribution is -0.126. The highest BCUT2D eigenvalue weighted by atomic mass is 19.1. The van der Waals surface area contributed by atoms with Crippen molar-refractivity contribution in [2.75, 3.05) is 31.1 Å². The molecule has 1 aliphatic heterocycles. The second-order valence-electron chi connectivity index (χ2n) is 6.47. The van der Waals surface area contributed by atoms with E-state index in [1.165, 1.54) is 12.1 Å². The molecule has 0 radical (unpaired) electrons. The van der Waals surface area contributed by atoms with Gasteiger partial charge in [-0.15, -0.1) is 0 Å². The number of hydrogen-bond donors (Lipinski definition) is 1. The van der Waals surface area contributed by atoms with Gasteiger partial charge in [-0.25, -0.2) is 4.39 Å². The summed E-state index contributed by atoms with van der Waals surface area (Å²) in [7, 11) is 0. The molecule has 0 saturated carbocycles. The SMILES string of the molecule is CC(C)NC(=O)C(C)N1CCN(c2nc3ccc(F)cc3o2)CC1. The second kappa shape index (κ2) is 6.76. The van der Waals surface area contributed by atoms with Gasteiger partial charge in [-0.05, 0) is 32.9 Å². The van der Waals surface area contributed by atoms with Gasteiger partial charge in [-0.1, -0.05) is 0 Å². The molecule has 3 rings (SSSR count). The molecule has 1 N–H and O–H groups in total. The molecule has 130 valence electrons. The number of aromatic nitrogens is 1.